The molecule has 0 saturated heterocycles. The molecule has 0 aliphatic carbocycles. The number of para-hydroxylation sites is 3. The second-order valence-corrected chi connectivity index (χ2v) is 18.2. The second kappa shape index (κ2) is 14.8. The Morgan fingerprint density at radius 3 is 2.05 bits per heavy atom. The molecule has 0 atom stereocenters. The van der Waals surface area contributed by atoms with Crippen LogP contribution in [0.4, 0.5) is 17.1 Å². The normalized spacial score (nSPS) is 13.1. The first kappa shape index (κ1) is 38.2. The minimum atomic E-state index is 0.00525. The fraction of sp³-hybridized carbons (Fsp3) is 0.241. The molecule has 6 aromatic carbocycles. The Bertz CT molecular complexity index is 2830. The molecule has 9 rings (SSSR count). The summed E-state index contributed by atoms with van der Waals surface area (Å²) >= 11 is 0. The average molecular weight is 775 g/mol. The van der Waals surface area contributed by atoms with Gasteiger partial charge in [-0.2, -0.15) is 0 Å². The molecule has 0 spiro atoms. The minimum Gasteiger partial charge on any atom is -0.457 e. The number of anilines is 3. The number of benzene rings is 6. The van der Waals surface area contributed by atoms with Crippen LogP contribution in [0.5, 0.6) is 11.5 Å². The number of rotatable bonds is 8. The van der Waals surface area contributed by atoms with Gasteiger partial charge in [0.1, 0.15) is 17.3 Å². The van der Waals surface area contributed by atoms with E-state index in [9.17, 15) is 0 Å². The van der Waals surface area contributed by atoms with Crippen LogP contribution >= 0.6 is 0 Å². The smallest absolute Gasteiger partial charge is 0.137 e. The molecular weight excluding hydrogens is 721 g/mol. The Balaban J connectivity index is 1.01. The number of pyridine rings is 1. The highest BCUT2D eigenvalue weighted by molar-refractivity contribution is 6.09. The van der Waals surface area contributed by atoms with Gasteiger partial charge in [0.15, 0.2) is 0 Å². The van der Waals surface area contributed by atoms with Gasteiger partial charge in [0.2, 0.25) is 0 Å². The molecule has 1 aliphatic rings. The van der Waals surface area contributed by atoms with Crippen LogP contribution in [0.25, 0.3) is 38.8 Å². The molecule has 5 nitrogen and oxygen atoms in total. The maximum absolute atomic E-state index is 6.71. The summed E-state index contributed by atoms with van der Waals surface area (Å²) in [5.74, 6) is 2.49. The van der Waals surface area contributed by atoms with Gasteiger partial charge in [-0.1, -0.05) is 114 Å². The molecule has 296 valence electrons. The minimum absolute atomic E-state index is 0.00525. The fourth-order valence-corrected chi connectivity index (χ4v) is 8.80. The zero-order valence-electron chi connectivity index (χ0n) is 35.7. The highest BCUT2D eigenvalue weighted by Crippen LogP contribution is 2.43. The van der Waals surface area contributed by atoms with E-state index in [1.165, 1.54) is 61.1 Å². The quantitative estimate of drug-likeness (QED) is 0.154. The molecule has 59 heavy (non-hydrogen) atoms. The SMILES string of the molecule is Cc1cccc(C)c1-c1cc(C(C)(C)C)ccc1CCN1CN(c2cccc(Oc3ccc4c5ccccc5n(-c5cc(C(C)(C)C)ccn5)c4c3)c2)c2ccccc21. The van der Waals surface area contributed by atoms with Crippen molar-refractivity contribution in [3.05, 3.63) is 174 Å². The van der Waals surface area contributed by atoms with E-state index in [-0.39, 0.29) is 10.8 Å². The van der Waals surface area contributed by atoms with Crippen LogP contribution in [-0.4, -0.2) is 22.8 Å². The number of fused-ring (bicyclic) bond motifs is 4. The summed E-state index contributed by atoms with van der Waals surface area (Å²) in [6.07, 6.45) is 2.86. The fourth-order valence-electron chi connectivity index (χ4n) is 8.80. The molecule has 1 aliphatic heterocycles. The van der Waals surface area contributed by atoms with E-state index >= 15 is 0 Å². The van der Waals surface area contributed by atoms with Crippen molar-refractivity contribution in [2.75, 3.05) is 23.0 Å². The molecule has 0 saturated carbocycles. The van der Waals surface area contributed by atoms with Gasteiger partial charge in [0.25, 0.3) is 0 Å². The maximum Gasteiger partial charge on any atom is 0.137 e. The van der Waals surface area contributed by atoms with Gasteiger partial charge in [-0.05, 0) is 125 Å². The first-order valence-corrected chi connectivity index (χ1v) is 20.9. The summed E-state index contributed by atoms with van der Waals surface area (Å²) in [5.41, 5.74) is 15.2. The summed E-state index contributed by atoms with van der Waals surface area (Å²) in [6.45, 7) is 19.8. The highest BCUT2D eigenvalue weighted by Gasteiger charge is 2.28. The van der Waals surface area contributed by atoms with Gasteiger partial charge in [-0.25, -0.2) is 4.98 Å². The van der Waals surface area contributed by atoms with E-state index in [0.717, 1.165) is 53.7 Å². The second-order valence-electron chi connectivity index (χ2n) is 18.2. The molecule has 5 heteroatoms. The zero-order valence-corrected chi connectivity index (χ0v) is 35.7. The Hall–Kier alpha value is -6.33. The summed E-state index contributed by atoms with van der Waals surface area (Å²) in [7, 11) is 0. The molecule has 3 heterocycles. The Kier molecular flexibility index (Phi) is 9.58. The standard InChI is InChI=1S/C54H54N4O/c1-36-15-13-16-37(2)52(36)46-31-39(53(3,4)5)24-23-38(46)28-30-56-35-57(49-22-12-11-21-48(49)56)41-17-14-18-42(33-41)59-43-25-26-45-44-19-9-10-20-47(44)58(50(45)34-43)51-32-40(27-29-55-51)54(6,7)8/h9-27,29,31-34H,28,30,35H2,1-8H3. The molecule has 0 radical (unpaired) electrons. The van der Waals surface area contributed by atoms with E-state index in [2.05, 4.69) is 203 Å². The van der Waals surface area contributed by atoms with Gasteiger partial charge in [-0.3, -0.25) is 4.57 Å². The first-order valence-electron chi connectivity index (χ1n) is 20.9. The van der Waals surface area contributed by atoms with Crippen molar-refractivity contribution in [3.8, 4) is 28.4 Å². The van der Waals surface area contributed by atoms with Crippen molar-refractivity contribution in [2.24, 2.45) is 0 Å². The molecule has 0 unspecified atom stereocenters. The Morgan fingerprint density at radius 2 is 1.27 bits per heavy atom. The number of ether oxygens (including phenoxy) is 1. The van der Waals surface area contributed by atoms with Gasteiger partial charge in [0.05, 0.1) is 29.1 Å². The highest BCUT2D eigenvalue weighted by atomic mass is 16.5. The van der Waals surface area contributed by atoms with E-state index in [4.69, 9.17) is 9.72 Å². The van der Waals surface area contributed by atoms with E-state index in [0.29, 0.717) is 0 Å². The number of aryl methyl sites for hydroxylation is 2. The van der Waals surface area contributed by atoms with Gasteiger partial charge < -0.3 is 14.5 Å². The lowest BCUT2D eigenvalue weighted by atomic mass is 9.82. The van der Waals surface area contributed by atoms with Gasteiger partial charge in [-0.15, -0.1) is 0 Å². The summed E-state index contributed by atoms with van der Waals surface area (Å²) in [5, 5.41) is 2.37. The maximum atomic E-state index is 6.71. The summed E-state index contributed by atoms with van der Waals surface area (Å²) < 4.78 is 8.97. The third-order valence-electron chi connectivity index (χ3n) is 12.1. The van der Waals surface area contributed by atoms with Crippen molar-refractivity contribution >= 4 is 38.9 Å². The monoisotopic (exact) mass is 774 g/mol. The number of aromatic nitrogens is 2. The van der Waals surface area contributed by atoms with Crippen LogP contribution in [0.3, 0.4) is 0 Å². The molecule has 2 aromatic heterocycles. The number of hydrogen-bond donors (Lipinski definition) is 0. The van der Waals surface area contributed by atoms with Crippen molar-refractivity contribution < 1.29 is 4.74 Å². The van der Waals surface area contributed by atoms with Crippen LogP contribution in [0.15, 0.2) is 146 Å². The van der Waals surface area contributed by atoms with E-state index in [1.54, 1.807) is 0 Å². The topological polar surface area (TPSA) is 33.5 Å². The zero-order chi connectivity index (χ0) is 41.1. The van der Waals surface area contributed by atoms with Crippen molar-refractivity contribution in [1.82, 2.24) is 9.55 Å². The Morgan fingerprint density at radius 1 is 0.593 bits per heavy atom. The molecule has 8 aromatic rings. The van der Waals surface area contributed by atoms with Gasteiger partial charge >= 0.3 is 0 Å². The van der Waals surface area contributed by atoms with Crippen LogP contribution < -0.4 is 14.5 Å². The van der Waals surface area contributed by atoms with E-state index in [1.807, 2.05) is 12.3 Å². The number of hydrogen-bond acceptors (Lipinski definition) is 4. The lowest BCUT2D eigenvalue weighted by Crippen LogP contribution is -2.29. The molecule has 0 bridgehead atoms. The predicted molar refractivity (Wildman–Crippen MR) is 248 cm³/mol. The molecule has 0 N–H and O–H groups in total. The van der Waals surface area contributed by atoms with Crippen molar-refractivity contribution in [1.29, 1.82) is 0 Å². The number of nitrogens with zero attached hydrogens (tertiary/aromatic N) is 4. The predicted octanol–water partition coefficient (Wildman–Crippen LogP) is 14.0. The molecule has 0 amide bonds. The van der Waals surface area contributed by atoms with Crippen molar-refractivity contribution in [3.63, 3.8) is 0 Å². The molecule has 0 fully saturated rings. The third kappa shape index (κ3) is 7.24. The largest absolute Gasteiger partial charge is 0.457 e. The molecular formula is C54H54N4O. The van der Waals surface area contributed by atoms with Crippen LogP contribution in [-0.2, 0) is 17.3 Å². The third-order valence-corrected chi connectivity index (χ3v) is 12.1. The van der Waals surface area contributed by atoms with Crippen LogP contribution in [0, 0.1) is 13.8 Å². The Labute approximate surface area is 349 Å². The van der Waals surface area contributed by atoms with Crippen molar-refractivity contribution in [2.45, 2.75) is 72.6 Å². The lowest BCUT2D eigenvalue weighted by molar-refractivity contribution is 0.483. The van der Waals surface area contributed by atoms with E-state index < -0.39 is 0 Å². The lowest BCUT2D eigenvalue weighted by Gasteiger charge is -2.25. The first-order chi connectivity index (χ1) is 28.3. The van der Waals surface area contributed by atoms with Crippen LogP contribution in [0.2, 0.25) is 0 Å². The van der Waals surface area contributed by atoms with Gasteiger partial charge in [0, 0.05) is 41.3 Å². The summed E-state index contributed by atoms with van der Waals surface area (Å²) in [6, 6.07) is 50.4. The summed E-state index contributed by atoms with van der Waals surface area (Å²) in [4.78, 5) is 9.80. The van der Waals surface area contributed by atoms with Crippen LogP contribution in [0.1, 0.15) is 69.4 Å². The average Bonchev–Trinajstić information content (AvgIpc) is 3.75.